The summed E-state index contributed by atoms with van der Waals surface area (Å²) in [4.78, 5) is 0. The number of aromatic nitrogens is 2. The van der Waals surface area contributed by atoms with Crippen LogP contribution in [0.2, 0.25) is 0 Å². The Bertz CT molecular complexity index is 556. The molecule has 0 aliphatic rings. The van der Waals surface area contributed by atoms with Crippen molar-refractivity contribution in [1.82, 2.24) is 10.2 Å². The van der Waals surface area contributed by atoms with E-state index < -0.39 is 0 Å². The molecule has 86 valence electrons. The van der Waals surface area contributed by atoms with Gasteiger partial charge in [-0.1, -0.05) is 13.0 Å². The minimum atomic E-state index is -0.240. The lowest BCUT2D eigenvalue weighted by molar-refractivity contribution is 0.452. The fraction of sp³-hybridized carbons (Fsp3) is 0.250. The summed E-state index contributed by atoms with van der Waals surface area (Å²) in [5.41, 5.74) is 7.08. The lowest BCUT2D eigenvalue weighted by Gasteiger charge is -2.00. The number of rotatable bonds is 3. The van der Waals surface area contributed by atoms with Gasteiger partial charge in [0, 0.05) is 5.56 Å². The van der Waals surface area contributed by atoms with Gasteiger partial charge >= 0.3 is 0 Å². The number of nitriles is 1. The van der Waals surface area contributed by atoms with Gasteiger partial charge in [0.25, 0.3) is 0 Å². The molecule has 0 amide bonds. The average molecular weight is 228 g/mol. The molecule has 0 saturated heterocycles. The summed E-state index contributed by atoms with van der Waals surface area (Å²) in [6, 6.07) is 8.84. The SMILES string of the molecule is CCC(N)c1nnc(-c2cccc(C#N)c2)o1. The van der Waals surface area contributed by atoms with Crippen molar-refractivity contribution < 1.29 is 4.42 Å². The summed E-state index contributed by atoms with van der Waals surface area (Å²) in [6.45, 7) is 1.95. The minimum Gasteiger partial charge on any atom is -0.419 e. The second-order valence-electron chi connectivity index (χ2n) is 3.65. The Morgan fingerprint density at radius 1 is 1.47 bits per heavy atom. The largest absolute Gasteiger partial charge is 0.419 e. The molecular formula is C12H12N4O. The molecule has 0 aliphatic carbocycles. The van der Waals surface area contributed by atoms with Crippen LogP contribution in [0.5, 0.6) is 0 Å². The Kier molecular flexibility index (Phi) is 3.17. The standard InChI is InChI=1S/C12H12N4O/c1-2-10(14)12-16-15-11(17-12)9-5-3-4-8(6-9)7-13/h3-6,10H,2,14H2,1H3. The summed E-state index contributed by atoms with van der Waals surface area (Å²) < 4.78 is 5.47. The van der Waals surface area contributed by atoms with Crippen molar-refractivity contribution in [2.45, 2.75) is 19.4 Å². The normalized spacial score (nSPS) is 12.1. The van der Waals surface area contributed by atoms with Crippen LogP contribution in [-0.2, 0) is 0 Å². The maximum atomic E-state index is 8.80. The van der Waals surface area contributed by atoms with Crippen LogP contribution >= 0.6 is 0 Å². The van der Waals surface area contributed by atoms with E-state index >= 15 is 0 Å². The van der Waals surface area contributed by atoms with Gasteiger partial charge in [-0.3, -0.25) is 0 Å². The predicted molar refractivity (Wildman–Crippen MR) is 61.7 cm³/mol. The van der Waals surface area contributed by atoms with Crippen molar-refractivity contribution in [3.8, 4) is 17.5 Å². The maximum absolute atomic E-state index is 8.80. The molecule has 1 unspecified atom stereocenters. The van der Waals surface area contributed by atoms with Crippen LogP contribution in [0.25, 0.3) is 11.5 Å². The summed E-state index contributed by atoms with van der Waals surface area (Å²) in [5.74, 6) is 0.811. The van der Waals surface area contributed by atoms with Crippen molar-refractivity contribution in [3.05, 3.63) is 35.7 Å². The van der Waals surface area contributed by atoms with Crippen LogP contribution in [0, 0.1) is 11.3 Å². The van der Waals surface area contributed by atoms with Crippen LogP contribution in [-0.4, -0.2) is 10.2 Å². The zero-order valence-corrected chi connectivity index (χ0v) is 9.42. The Morgan fingerprint density at radius 3 is 3.00 bits per heavy atom. The molecule has 2 aromatic rings. The number of hydrogen-bond donors (Lipinski definition) is 1. The van der Waals surface area contributed by atoms with Gasteiger partial charge in [-0.15, -0.1) is 10.2 Å². The molecule has 0 radical (unpaired) electrons. The van der Waals surface area contributed by atoms with E-state index in [4.69, 9.17) is 15.4 Å². The zero-order valence-electron chi connectivity index (χ0n) is 9.42. The third-order valence-electron chi connectivity index (χ3n) is 2.44. The summed E-state index contributed by atoms with van der Waals surface area (Å²) in [6.07, 6.45) is 0.736. The van der Waals surface area contributed by atoms with Crippen LogP contribution in [0.15, 0.2) is 28.7 Å². The van der Waals surface area contributed by atoms with Gasteiger partial charge in [0.05, 0.1) is 17.7 Å². The third-order valence-corrected chi connectivity index (χ3v) is 2.44. The van der Waals surface area contributed by atoms with E-state index in [1.807, 2.05) is 13.0 Å². The van der Waals surface area contributed by atoms with Gasteiger partial charge in [-0.2, -0.15) is 5.26 Å². The first-order chi connectivity index (χ1) is 8.24. The summed E-state index contributed by atoms with van der Waals surface area (Å²) in [7, 11) is 0. The highest BCUT2D eigenvalue weighted by molar-refractivity contribution is 5.55. The summed E-state index contributed by atoms with van der Waals surface area (Å²) >= 11 is 0. The van der Waals surface area contributed by atoms with Gasteiger partial charge in [-0.25, -0.2) is 0 Å². The molecule has 2 N–H and O–H groups in total. The molecular weight excluding hydrogens is 216 g/mol. The highest BCUT2D eigenvalue weighted by atomic mass is 16.4. The van der Waals surface area contributed by atoms with Crippen molar-refractivity contribution in [1.29, 1.82) is 5.26 Å². The number of nitrogens with zero attached hydrogens (tertiary/aromatic N) is 3. The van der Waals surface area contributed by atoms with E-state index in [0.29, 0.717) is 17.3 Å². The minimum absolute atomic E-state index is 0.240. The maximum Gasteiger partial charge on any atom is 0.247 e. The molecule has 5 nitrogen and oxygen atoms in total. The molecule has 5 heteroatoms. The highest BCUT2D eigenvalue weighted by Crippen LogP contribution is 2.21. The zero-order chi connectivity index (χ0) is 12.3. The predicted octanol–water partition coefficient (Wildman–Crippen LogP) is 2.02. The number of nitrogens with two attached hydrogens (primary N) is 1. The molecule has 1 atom stereocenters. The highest BCUT2D eigenvalue weighted by Gasteiger charge is 2.13. The van der Waals surface area contributed by atoms with Crippen LogP contribution in [0.4, 0.5) is 0 Å². The topological polar surface area (TPSA) is 88.7 Å². The summed E-state index contributed by atoms with van der Waals surface area (Å²) in [5, 5.41) is 16.6. The molecule has 0 aliphatic heterocycles. The van der Waals surface area contributed by atoms with E-state index in [9.17, 15) is 0 Å². The van der Waals surface area contributed by atoms with Crippen molar-refractivity contribution in [2.75, 3.05) is 0 Å². The Morgan fingerprint density at radius 2 is 2.29 bits per heavy atom. The quantitative estimate of drug-likeness (QED) is 0.868. The Labute approximate surface area is 98.9 Å². The fourth-order valence-corrected chi connectivity index (χ4v) is 1.40. The number of hydrogen-bond acceptors (Lipinski definition) is 5. The molecule has 1 aromatic heterocycles. The Hall–Kier alpha value is -2.19. The van der Waals surface area contributed by atoms with E-state index in [-0.39, 0.29) is 6.04 Å². The van der Waals surface area contributed by atoms with Crippen molar-refractivity contribution >= 4 is 0 Å². The van der Waals surface area contributed by atoms with Crippen LogP contribution in [0.3, 0.4) is 0 Å². The fourth-order valence-electron chi connectivity index (χ4n) is 1.40. The van der Waals surface area contributed by atoms with Crippen LogP contribution in [0.1, 0.15) is 30.8 Å². The van der Waals surface area contributed by atoms with Crippen LogP contribution < -0.4 is 5.73 Å². The third kappa shape index (κ3) is 2.32. The van der Waals surface area contributed by atoms with Crippen molar-refractivity contribution in [2.24, 2.45) is 5.73 Å². The van der Waals surface area contributed by atoms with Crippen molar-refractivity contribution in [3.63, 3.8) is 0 Å². The van der Waals surface area contributed by atoms with Gasteiger partial charge in [0.2, 0.25) is 11.8 Å². The molecule has 0 fully saturated rings. The van der Waals surface area contributed by atoms with E-state index in [1.54, 1.807) is 18.2 Å². The Balaban J connectivity index is 2.34. The molecule has 17 heavy (non-hydrogen) atoms. The van der Waals surface area contributed by atoms with Gasteiger partial charge in [0.15, 0.2) is 0 Å². The number of benzene rings is 1. The van der Waals surface area contributed by atoms with E-state index in [0.717, 1.165) is 12.0 Å². The molecule has 0 bridgehead atoms. The lowest BCUT2D eigenvalue weighted by atomic mass is 10.1. The average Bonchev–Trinajstić information content (AvgIpc) is 2.87. The second-order valence-corrected chi connectivity index (χ2v) is 3.65. The van der Waals surface area contributed by atoms with Gasteiger partial charge in [0.1, 0.15) is 0 Å². The monoisotopic (exact) mass is 228 g/mol. The van der Waals surface area contributed by atoms with E-state index in [2.05, 4.69) is 16.3 Å². The first-order valence-electron chi connectivity index (χ1n) is 5.34. The molecule has 1 heterocycles. The first-order valence-corrected chi connectivity index (χ1v) is 5.34. The van der Waals surface area contributed by atoms with E-state index in [1.165, 1.54) is 0 Å². The molecule has 1 aromatic carbocycles. The molecule has 0 spiro atoms. The van der Waals surface area contributed by atoms with Gasteiger partial charge < -0.3 is 10.2 Å². The smallest absolute Gasteiger partial charge is 0.247 e. The molecule has 2 rings (SSSR count). The lowest BCUT2D eigenvalue weighted by Crippen LogP contribution is -2.08. The molecule has 0 saturated carbocycles. The first kappa shape index (κ1) is 11.3. The van der Waals surface area contributed by atoms with Gasteiger partial charge in [-0.05, 0) is 24.6 Å². The second kappa shape index (κ2) is 4.76.